The standard InChI is InChI=1S/C10H12FNO3/c1-6(10(13)14)12-7-3-4-9(15-2)8(11)5-7/h3-6,12H,1-2H3,(H,13,14). The highest BCUT2D eigenvalue weighted by Gasteiger charge is 2.11. The van der Waals surface area contributed by atoms with Gasteiger partial charge in [0.1, 0.15) is 6.04 Å². The molecule has 0 radical (unpaired) electrons. The molecule has 1 rings (SSSR count). The molecule has 1 aromatic rings. The normalized spacial score (nSPS) is 11.9. The molecule has 2 N–H and O–H groups in total. The zero-order chi connectivity index (χ0) is 11.4. The summed E-state index contributed by atoms with van der Waals surface area (Å²) in [6.07, 6.45) is 0. The number of carbonyl (C=O) groups is 1. The van der Waals surface area contributed by atoms with Crippen LogP contribution in [0.3, 0.4) is 0 Å². The van der Waals surface area contributed by atoms with Crippen LogP contribution >= 0.6 is 0 Å². The van der Waals surface area contributed by atoms with E-state index in [1.165, 1.54) is 26.2 Å². The summed E-state index contributed by atoms with van der Waals surface area (Å²) in [5.41, 5.74) is 0.406. The van der Waals surface area contributed by atoms with Gasteiger partial charge in [-0.15, -0.1) is 0 Å². The summed E-state index contributed by atoms with van der Waals surface area (Å²) >= 11 is 0. The van der Waals surface area contributed by atoms with E-state index in [1.54, 1.807) is 6.07 Å². The van der Waals surface area contributed by atoms with Crippen molar-refractivity contribution < 1.29 is 19.0 Å². The molecule has 0 aliphatic carbocycles. The number of nitrogens with one attached hydrogen (secondary N) is 1. The van der Waals surface area contributed by atoms with Gasteiger partial charge in [0.15, 0.2) is 11.6 Å². The van der Waals surface area contributed by atoms with Crippen LogP contribution in [0.15, 0.2) is 18.2 Å². The molecule has 1 unspecified atom stereocenters. The van der Waals surface area contributed by atoms with Gasteiger partial charge >= 0.3 is 5.97 Å². The number of anilines is 1. The Morgan fingerprint density at radius 3 is 2.73 bits per heavy atom. The van der Waals surface area contributed by atoms with Crippen LogP contribution in [0.25, 0.3) is 0 Å². The van der Waals surface area contributed by atoms with Gasteiger partial charge in [-0.1, -0.05) is 0 Å². The molecule has 0 saturated heterocycles. The lowest BCUT2D eigenvalue weighted by Gasteiger charge is -2.11. The van der Waals surface area contributed by atoms with Crippen molar-refractivity contribution in [1.82, 2.24) is 0 Å². The average Bonchev–Trinajstić information content (AvgIpc) is 2.18. The van der Waals surface area contributed by atoms with Crippen molar-refractivity contribution >= 4 is 11.7 Å². The Morgan fingerprint density at radius 1 is 1.60 bits per heavy atom. The van der Waals surface area contributed by atoms with E-state index in [-0.39, 0.29) is 5.75 Å². The van der Waals surface area contributed by atoms with Gasteiger partial charge in [0.25, 0.3) is 0 Å². The average molecular weight is 213 g/mol. The summed E-state index contributed by atoms with van der Waals surface area (Å²) in [6, 6.07) is 3.42. The molecule has 0 bridgehead atoms. The number of carboxylic acid groups (broad SMARTS) is 1. The van der Waals surface area contributed by atoms with E-state index in [0.717, 1.165) is 0 Å². The van der Waals surface area contributed by atoms with Gasteiger partial charge in [-0.05, 0) is 19.1 Å². The third-order valence-electron chi connectivity index (χ3n) is 1.91. The number of benzene rings is 1. The van der Waals surface area contributed by atoms with Crippen LogP contribution < -0.4 is 10.1 Å². The summed E-state index contributed by atoms with van der Waals surface area (Å²) in [5, 5.41) is 11.3. The predicted molar refractivity (Wildman–Crippen MR) is 53.7 cm³/mol. The maximum Gasteiger partial charge on any atom is 0.325 e. The molecular formula is C10H12FNO3. The zero-order valence-corrected chi connectivity index (χ0v) is 8.45. The van der Waals surface area contributed by atoms with E-state index in [4.69, 9.17) is 9.84 Å². The van der Waals surface area contributed by atoms with Crippen LogP contribution in [-0.4, -0.2) is 24.2 Å². The number of carboxylic acids is 1. The molecular weight excluding hydrogens is 201 g/mol. The summed E-state index contributed by atoms with van der Waals surface area (Å²) in [5.74, 6) is -1.39. The predicted octanol–water partition coefficient (Wildman–Crippen LogP) is 1.72. The van der Waals surface area contributed by atoms with Crippen molar-refractivity contribution in [2.75, 3.05) is 12.4 Å². The second kappa shape index (κ2) is 4.63. The van der Waals surface area contributed by atoms with Gasteiger partial charge in [-0.3, -0.25) is 4.79 Å². The fourth-order valence-electron chi connectivity index (χ4n) is 1.07. The SMILES string of the molecule is COc1ccc(NC(C)C(=O)O)cc1F. The Labute approximate surface area is 86.7 Å². The Hall–Kier alpha value is -1.78. The Kier molecular flexibility index (Phi) is 3.49. The van der Waals surface area contributed by atoms with E-state index < -0.39 is 17.8 Å². The van der Waals surface area contributed by atoms with Crippen molar-refractivity contribution in [3.63, 3.8) is 0 Å². The Morgan fingerprint density at radius 2 is 2.27 bits per heavy atom. The van der Waals surface area contributed by atoms with E-state index in [0.29, 0.717) is 5.69 Å². The first-order valence-electron chi connectivity index (χ1n) is 4.37. The first kappa shape index (κ1) is 11.3. The van der Waals surface area contributed by atoms with Gasteiger partial charge < -0.3 is 15.2 Å². The molecule has 0 amide bonds. The molecule has 0 fully saturated rings. The van der Waals surface area contributed by atoms with E-state index in [9.17, 15) is 9.18 Å². The quantitative estimate of drug-likeness (QED) is 0.799. The van der Waals surface area contributed by atoms with Gasteiger partial charge in [0, 0.05) is 11.8 Å². The van der Waals surface area contributed by atoms with Crippen molar-refractivity contribution in [1.29, 1.82) is 0 Å². The second-order valence-electron chi connectivity index (χ2n) is 3.05. The number of halogens is 1. The summed E-state index contributed by atoms with van der Waals surface area (Å²) < 4.78 is 17.9. The molecule has 1 aromatic carbocycles. The minimum absolute atomic E-state index is 0.128. The molecule has 0 aliphatic heterocycles. The van der Waals surface area contributed by atoms with E-state index in [2.05, 4.69) is 5.32 Å². The van der Waals surface area contributed by atoms with Crippen molar-refractivity contribution in [3.05, 3.63) is 24.0 Å². The van der Waals surface area contributed by atoms with Crippen LogP contribution in [0.1, 0.15) is 6.92 Å². The lowest BCUT2D eigenvalue weighted by Crippen LogP contribution is -2.25. The molecule has 82 valence electrons. The highest BCUT2D eigenvalue weighted by molar-refractivity contribution is 5.76. The number of methoxy groups -OCH3 is 1. The third-order valence-corrected chi connectivity index (χ3v) is 1.91. The number of hydrogen-bond acceptors (Lipinski definition) is 3. The van der Waals surface area contributed by atoms with Crippen molar-refractivity contribution in [2.45, 2.75) is 13.0 Å². The second-order valence-corrected chi connectivity index (χ2v) is 3.05. The van der Waals surface area contributed by atoms with E-state index >= 15 is 0 Å². The molecule has 15 heavy (non-hydrogen) atoms. The van der Waals surface area contributed by atoms with Crippen molar-refractivity contribution in [2.24, 2.45) is 0 Å². The first-order chi connectivity index (χ1) is 7.04. The van der Waals surface area contributed by atoms with Gasteiger partial charge in [-0.2, -0.15) is 0 Å². The molecule has 1 atom stereocenters. The summed E-state index contributed by atoms with van der Waals surface area (Å²) in [4.78, 5) is 10.5. The van der Waals surface area contributed by atoms with Crippen LogP contribution in [0.5, 0.6) is 5.75 Å². The Bertz CT molecular complexity index is 368. The lowest BCUT2D eigenvalue weighted by atomic mass is 10.2. The number of ether oxygens (including phenoxy) is 1. The van der Waals surface area contributed by atoms with E-state index in [1.807, 2.05) is 0 Å². The molecule has 5 heteroatoms. The highest BCUT2D eigenvalue weighted by Crippen LogP contribution is 2.20. The number of rotatable bonds is 4. The maximum atomic E-state index is 13.2. The molecule has 0 heterocycles. The van der Waals surface area contributed by atoms with Crippen molar-refractivity contribution in [3.8, 4) is 5.75 Å². The Balaban J connectivity index is 2.79. The summed E-state index contributed by atoms with van der Waals surface area (Å²) in [7, 11) is 1.37. The van der Waals surface area contributed by atoms with Crippen LogP contribution in [0.4, 0.5) is 10.1 Å². The molecule has 0 aromatic heterocycles. The molecule has 0 saturated carbocycles. The highest BCUT2D eigenvalue weighted by atomic mass is 19.1. The maximum absolute atomic E-state index is 13.2. The van der Waals surface area contributed by atoms with Crippen LogP contribution in [0.2, 0.25) is 0 Å². The largest absolute Gasteiger partial charge is 0.494 e. The molecule has 0 aliphatic rings. The van der Waals surface area contributed by atoms with Gasteiger partial charge in [0.2, 0.25) is 0 Å². The fraction of sp³-hybridized carbons (Fsp3) is 0.300. The molecule has 4 nitrogen and oxygen atoms in total. The van der Waals surface area contributed by atoms with Gasteiger partial charge in [-0.25, -0.2) is 4.39 Å². The number of aliphatic carboxylic acids is 1. The smallest absolute Gasteiger partial charge is 0.325 e. The number of hydrogen-bond donors (Lipinski definition) is 2. The topological polar surface area (TPSA) is 58.6 Å². The third kappa shape index (κ3) is 2.83. The zero-order valence-electron chi connectivity index (χ0n) is 8.45. The van der Waals surface area contributed by atoms with Crippen LogP contribution in [-0.2, 0) is 4.79 Å². The fourth-order valence-corrected chi connectivity index (χ4v) is 1.07. The van der Waals surface area contributed by atoms with Crippen LogP contribution in [0, 0.1) is 5.82 Å². The lowest BCUT2D eigenvalue weighted by molar-refractivity contribution is -0.137. The molecule has 0 spiro atoms. The van der Waals surface area contributed by atoms with Gasteiger partial charge in [0.05, 0.1) is 7.11 Å². The first-order valence-corrected chi connectivity index (χ1v) is 4.37. The monoisotopic (exact) mass is 213 g/mol. The minimum Gasteiger partial charge on any atom is -0.494 e. The minimum atomic E-state index is -0.994. The summed E-state index contributed by atoms with van der Waals surface area (Å²) in [6.45, 7) is 1.48.